The van der Waals surface area contributed by atoms with Crippen LogP contribution in [0.5, 0.6) is 0 Å². The second-order valence-electron chi connectivity index (χ2n) is 5.59. The van der Waals surface area contributed by atoms with E-state index in [1.54, 1.807) is 7.05 Å². The maximum Gasteiger partial charge on any atom is 0.433 e. The maximum absolute atomic E-state index is 12.6. The van der Waals surface area contributed by atoms with Crippen LogP contribution in [0.3, 0.4) is 0 Å². The minimum absolute atomic E-state index is 0.0884. The van der Waals surface area contributed by atoms with Gasteiger partial charge in [0.25, 0.3) is 0 Å². The number of hydrogen-bond acceptors (Lipinski definition) is 6. The van der Waals surface area contributed by atoms with E-state index in [1.165, 1.54) is 0 Å². The summed E-state index contributed by atoms with van der Waals surface area (Å²) in [6, 6.07) is 6.44. The number of rotatable bonds is 6. The molecule has 9 nitrogen and oxygen atoms in total. The van der Waals surface area contributed by atoms with Crippen molar-refractivity contribution in [2.24, 2.45) is 4.99 Å². The number of aliphatic imine (C=N–C) groups is 1. The van der Waals surface area contributed by atoms with Gasteiger partial charge in [0.2, 0.25) is 5.95 Å². The normalized spacial score (nSPS) is 12.2. The Labute approximate surface area is 158 Å². The lowest BCUT2D eigenvalue weighted by molar-refractivity contribution is -0.141. The van der Waals surface area contributed by atoms with Gasteiger partial charge in [-0.3, -0.25) is 9.39 Å². The average molecular weight is 393 g/mol. The van der Waals surface area contributed by atoms with E-state index >= 15 is 0 Å². The standard InChI is InChI=1S/C16H18F3N9/c1-20-14(24-10-13-27-26-12-4-2-3-9-28(12)13)22-7-8-23-15-21-6-5-11(25-15)16(17,18)19/h2-6,9H,7-8,10H2,1H3,(H2,20,22,24)(H,21,23,25). The third-order valence-corrected chi connectivity index (χ3v) is 3.67. The Kier molecular flexibility index (Phi) is 5.87. The largest absolute Gasteiger partial charge is 0.433 e. The molecule has 28 heavy (non-hydrogen) atoms. The summed E-state index contributed by atoms with van der Waals surface area (Å²) in [6.45, 7) is 1.09. The number of fused-ring (bicyclic) bond motifs is 1. The summed E-state index contributed by atoms with van der Waals surface area (Å²) in [5.74, 6) is 1.14. The van der Waals surface area contributed by atoms with Crippen LogP contribution in [-0.4, -0.2) is 50.7 Å². The molecule has 0 atom stereocenters. The van der Waals surface area contributed by atoms with Crippen molar-refractivity contribution < 1.29 is 13.2 Å². The van der Waals surface area contributed by atoms with Crippen molar-refractivity contribution in [2.75, 3.05) is 25.5 Å². The minimum atomic E-state index is -4.50. The van der Waals surface area contributed by atoms with Crippen LogP contribution in [-0.2, 0) is 12.7 Å². The molecular formula is C16H18F3N9. The van der Waals surface area contributed by atoms with Crippen molar-refractivity contribution >= 4 is 17.6 Å². The van der Waals surface area contributed by atoms with E-state index in [4.69, 9.17) is 0 Å². The first kappa shape index (κ1) is 19.3. The van der Waals surface area contributed by atoms with Crippen molar-refractivity contribution in [3.8, 4) is 0 Å². The topological polar surface area (TPSA) is 104 Å². The predicted molar refractivity (Wildman–Crippen MR) is 96.7 cm³/mol. The van der Waals surface area contributed by atoms with E-state index in [9.17, 15) is 13.2 Å². The highest BCUT2D eigenvalue weighted by atomic mass is 19.4. The predicted octanol–water partition coefficient (Wildman–Crippen LogP) is 1.32. The van der Waals surface area contributed by atoms with Crippen LogP contribution in [0.25, 0.3) is 5.65 Å². The van der Waals surface area contributed by atoms with E-state index in [-0.39, 0.29) is 5.95 Å². The van der Waals surface area contributed by atoms with Gasteiger partial charge in [-0.2, -0.15) is 13.2 Å². The lowest BCUT2D eigenvalue weighted by Crippen LogP contribution is -2.39. The van der Waals surface area contributed by atoms with Gasteiger partial charge in [0.1, 0.15) is 5.69 Å². The van der Waals surface area contributed by atoms with Crippen molar-refractivity contribution in [1.82, 2.24) is 35.2 Å². The van der Waals surface area contributed by atoms with E-state index in [0.717, 1.165) is 17.9 Å². The van der Waals surface area contributed by atoms with Crippen molar-refractivity contribution in [3.63, 3.8) is 0 Å². The van der Waals surface area contributed by atoms with Gasteiger partial charge in [0.15, 0.2) is 17.4 Å². The van der Waals surface area contributed by atoms with Crippen LogP contribution in [0.4, 0.5) is 19.1 Å². The Bertz CT molecular complexity index is 952. The van der Waals surface area contributed by atoms with Gasteiger partial charge in [-0.1, -0.05) is 6.07 Å². The van der Waals surface area contributed by atoms with E-state index < -0.39 is 11.9 Å². The Hall–Kier alpha value is -3.44. The van der Waals surface area contributed by atoms with Crippen LogP contribution in [0.15, 0.2) is 41.7 Å². The smallest absolute Gasteiger partial charge is 0.355 e. The summed E-state index contributed by atoms with van der Waals surface area (Å²) in [7, 11) is 1.61. The first-order valence-electron chi connectivity index (χ1n) is 8.34. The first-order chi connectivity index (χ1) is 13.5. The van der Waals surface area contributed by atoms with Gasteiger partial charge in [-0.15, -0.1) is 10.2 Å². The lowest BCUT2D eigenvalue weighted by atomic mass is 10.4. The first-order valence-corrected chi connectivity index (χ1v) is 8.34. The molecule has 0 aliphatic carbocycles. The SMILES string of the molecule is CN=C(NCCNc1nccc(C(F)(F)F)n1)NCc1nnc2ccccn12. The zero-order valence-corrected chi connectivity index (χ0v) is 14.9. The third kappa shape index (κ3) is 4.84. The van der Waals surface area contributed by atoms with E-state index in [0.29, 0.717) is 31.4 Å². The quantitative estimate of drug-likeness (QED) is 0.330. The molecular weight excluding hydrogens is 375 g/mol. The molecule has 3 heterocycles. The van der Waals surface area contributed by atoms with E-state index in [2.05, 4.69) is 41.1 Å². The zero-order chi connectivity index (χ0) is 20.0. The molecule has 0 spiro atoms. The molecule has 0 aliphatic heterocycles. The number of alkyl halides is 3. The molecule has 148 valence electrons. The molecule has 0 bridgehead atoms. The Morgan fingerprint density at radius 2 is 2.00 bits per heavy atom. The van der Waals surface area contributed by atoms with Crippen LogP contribution in [0, 0.1) is 0 Å². The van der Waals surface area contributed by atoms with Crippen molar-refractivity contribution in [2.45, 2.75) is 12.7 Å². The van der Waals surface area contributed by atoms with Gasteiger partial charge in [-0.25, -0.2) is 9.97 Å². The van der Waals surface area contributed by atoms with Gasteiger partial charge in [0, 0.05) is 32.5 Å². The molecule has 0 saturated carbocycles. The number of guanidine groups is 1. The number of hydrogen-bond donors (Lipinski definition) is 3. The maximum atomic E-state index is 12.6. The van der Waals surface area contributed by atoms with E-state index in [1.807, 2.05) is 28.8 Å². The second-order valence-corrected chi connectivity index (χ2v) is 5.59. The van der Waals surface area contributed by atoms with Crippen molar-refractivity contribution in [3.05, 3.63) is 48.2 Å². The molecule has 0 aliphatic rings. The Balaban J connectivity index is 1.46. The minimum Gasteiger partial charge on any atom is -0.355 e. The highest BCUT2D eigenvalue weighted by molar-refractivity contribution is 5.79. The molecule has 0 saturated heterocycles. The van der Waals surface area contributed by atoms with Crippen LogP contribution < -0.4 is 16.0 Å². The fraction of sp³-hybridized carbons (Fsp3) is 0.312. The van der Waals surface area contributed by atoms with Gasteiger partial charge in [0.05, 0.1) is 6.54 Å². The second kappa shape index (κ2) is 8.50. The van der Waals surface area contributed by atoms with Crippen LogP contribution in [0.1, 0.15) is 11.5 Å². The molecule has 0 radical (unpaired) electrons. The molecule has 3 aromatic heterocycles. The third-order valence-electron chi connectivity index (χ3n) is 3.67. The fourth-order valence-electron chi connectivity index (χ4n) is 2.35. The summed E-state index contributed by atoms with van der Waals surface area (Å²) >= 11 is 0. The zero-order valence-electron chi connectivity index (χ0n) is 14.9. The number of pyridine rings is 1. The van der Waals surface area contributed by atoms with Crippen LogP contribution in [0.2, 0.25) is 0 Å². The number of anilines is 1. The Morgan fingerprint density at radius 1 is 1.14 bits per heavy atom. The number of nitrogens with one attached hydrogen (secondary N) is 3. The molecule has 3 N–H and O–H groups in total. The highest BCUT2D eigenvalue weighted by Crippen LogP contribution is 2.27. The summed E-state index contributed by atoms with van der Waals surface area (Å²) in [4.78, 5) is 11.3. The van der Waals surface area contributed by atoms with Crippen molar-refractivity contribution in [1.29, 1.82) is 0 Å². The molecule has 0 aromatic carbocycles. The lowest BCUT2D eigenvalue weighted by Gasteiger charge is -2.12. The monoisotopic (exact) mass is 393 g/mol. The summed E-state index contributed by atoms with van der Waals surface area (Å²) in [5.41, 5.74) is -0.247. The fourth-order valence-corrected chi connectivity index (χ4v) is 2.35. The molecule has 12 heteroatoms. The van der Waals surface area contributed by atoms with Gasteiger partial charge in [-0.05, 0) is 18.2 Å². The molecule has 3 rings (SSSR count). The average Bonchev–Trinajstić information content (AvgIpc) is 3.10. The molecule has 3 aromatic rings. The van der Waals surface area contributed by atoms with Gasteiger partial charge < -0.3 is 16.0 Å². The molecule has 0 amide bonds. The van der Waals surface area contributed by atoms with Crippen LogP contribution >= 0.6 is 0 Å². The molecule has 0 fully saturated rings. The number of halogens is 3. The Morgan fingerprint density at radius 3 is 2.79 bits per heavy atom. The number of nitrogens with zero attached hydrogens (tertiary/aromatic N) is 6. The number of aromatic nitrogens is 5. The summed E-state index contributed by atoms with van der Waals surface area (Å²) in [6.07, 6.45) is -1.58. The van der Waals surface area contributed by atoms with Gasteiger partial charge >= 0.3 is 6.18 Å². The summed E-state index contributed by atoms with van der Waals surface area (Å²) < 4.78 is 39.8. The summed E-state index contributed by atoms with van der Waals surface area (Å²) in [5, 5.41) is 17.0. The highest BCUT2D eigenvalue weighted by Gasteiger charge is 2.32. The molecule has 0 unspecified atom stereocenters.